The molecule has 1 nitrogen and oxygen atoms in total. The Hall–Kier alpha value is -0.180. The van der Waals surface area contributed by atoms with E-state index in [-0.39, 0.29) is 5.92 Å². The maximum Gasteiger partial charge on any atom is 0.146 e. The van der Waals surface area contributed by atoms with Crippen molar-refractivity contribution < 1.29 is 4.79 Å². The van der Waals surface area contributed by atoms with Gasteiger partial charge in [0.1, 0.15) is 5.78 Å². The van der Waals surface area contributed by atoms with Crippen LogP contribution in [-0.4, -0.2) is 11.5 Å². The van der Waals surface area contributed by atoms with Crippen LogP contribution in [0.5, 0.6) is 0 Å². The number of halogens is 2. The predicted octanol–water partition coefficient (Wildman–Crippen LogP) is 5.23. The molecule has 0 aliphatic heterocycles. The van der Waals surface area contributed by atoms with Gasteiger partial charge in [-0.2, -0.15) is 0 Å². The van der Waals surface area contributed by atoms with E-state index in [0.29, 0.717) is 21.6 Å². The summed E-state index contributed by atoms with van der Waals surface area (Å²) in [7, 11) is 0. The first-order valence-electron chi connectivity index (χ1n) is 6.27. The van der Waals surface area contributed by atoms with Gasteiger partial charge >= 0.3 is 0 Å². The Labute approximate surface area is 122 Å². The Bertz CT molecular complexity index is 428. The Morgan fingerprint density at radius 2 is 1.89 bits per heavy atom. The first-order chi connectivity index (χ1) is 8.66. The van der Waals surface area contributed by atoms with Crippen LogP contribution in [0.1, 0.15) is 32.1 Å². The Balaban J connectivity index is 1.86. The number of hydrogen-bond acceptors (Lipinski definition) is 2. The van der Waals surface area contributed by atoms with E-state index < -0.39 is 0 Å². The molecule has 0 atom stereocenters. The second-order valence-corrected chi connectivity index (χ2v) is 6.53. The van der Waals surface area contributed by atoms with Crippen molar-refractivity contribution in [3.63, 3.8) is 0 Å². The van der Waals surface area contributed by atoms with Gasteiger partial charge in [0, 0.05) is 10.8 Å². The molecule has 1 saturated carbocycles. The lowest BCUT2D eigenvalue weighted by Crippen LogP contribution is -2.19. The van der Waals surface area contributed by atoms with Crippen molar-refractivity contribution in [2.75, 3.05) is 5.75 Å². The summed E-state index contributed by atoms with van der Waals surface area (Å²) in [6, 6.07) is 5.51. The third-order valence-corrected chi connectivity index (χ3v) is 5.09. The Morgan fingerprint density at radius 1 is 1.17 bits per heavy atom. The quantitative estimate of drug-likeness (QED) is 0.708. The molecule has 0 bridgehead atoms. The second-order valence-electron chi connectivity index (χ2n) is 4.67. The summed E-state index contributed by atoms with van der Waals surface area (Å²) >= 11 is 13.4. The molecule has 4 heteroatoms. The lowest BCUT2D eigenvalue weighted by molar-refractivity contribution is -0.121. The first kappa shape index (κ1) is 14.2. The molecule has 1 fully saturated rings. The summed E-state index contributed by atoms with van der Waals surface area (Å²) in [5, 5.41) is 1.10. The van der Waals surface area contributed by atoms with E-state index >= 15 is 0 Å². The SMILES string of the molecule is O=C(CSc1ccc(Cl)c(Cl)c1)C1CCCCC1. The maximum atomic E-state index is 12.0. The molecule has 18 heavy (non-hydrogen) atoms. The molecule has 0 unspecified atom stereocenters. The van der Waals surface area contributed by atoms with E-state index in [9.17, 15) is 4.79 Å². The molecule has 2 rings (SSSR count). The predicted molar refractivity (Wildman–Crippen MR) is 78.8 cm³/mol. The molecule has 0 radical (unpaired) electrons. The van der Waals surface area contributed by atoms with Crippen LogP contribution in [0.15, 0.2) is 23.1 Å². The lowest BCUT2D eigenvalue weighted by Gasteiger charge is -2.19. The third kappa shape index (κ3) is 3.91. The molecule has 1 aromatic rings. The van der Waals surface area contributed by atoms with Gasteiger partial charge in [0.15, 0.2) is 0 Å². The molecule has 1 aromatic carbocycles. The number of Topliss-reactive ketones (excluding diaryl/α,β-unsaturated/α-hetero) is 1. The van der Waals surface area contributed by atoms with Gasteiger partial charge in [-0.1, -0.05) is 42.5 Å². The fraction of sp³-hybridized carbons (Fsp3) is 0.500. The van der Waals surface area contributed by atoms with E-state index in [1.807, 2.05) is 12.1 Å². The molecular formula is C14H16Cl2OS. The van der Waals surface area contributed by atoms with Crippen molar-refractivity contribution in [3.05, 3.63) is 28.2 Å². The summed E-state index contributed by atoms with van der Waals surface area (Å²) in [5.74, 6) is 1.21. The minimum atomic E-state index is 0.286. The van der Waals surface area contributed by atoms with E-state index in [4.69, 9.17) is 23.2 Å². The van der Waals surface area contributed by atoms with Gasteiger partial charge in [0.25, 0.3) is 0 Å². The van der Waals surface area contributed by atoms with Gasteiger partial charge in [0.2, 0.25) is 0 Å². The van der Waals surface area contributed by atoms with Crippen LogP contribution >= 0.6 is 35.0 Å². The average molecular weight is 303 g/mol. The molecule has 1 aliphatic rings. The lowest BCUT2D eigenvalue weighted by atomic mass is 9.87. The van der Waals surface area contributed by atoms with Crippen LogP contribution in [-0.2, 0) is 4.79 Å². The van der Waals surface area contributed by atoms with Crippen molar-refractivity contribution in [2.45, 2.75) is 37.0 Å². The minimum absolute atomic E-state index is 0.286. The zero-order valence-corrected chi connectivity index (χ0v) is 12.5. The van der Waals surface area contributed by atoms with Gasteiger partial charge < -0.3 is 0 Å². The molecule has 1 aliphatic carbocycles. The standard InChI is InChI=1S/C14H16Cl2OS/c15-12-7-6-11(8-13(12)16)18-9-14(17)10-4-2-1-3-5-10/h6-8,10H,1-5,9H2. The molecule has 0 amide bonds. The molecule has 0 heterocycles. The highest BCUT2D eigenvalue weighted by Crippen LogP contribution is 2.30. The van der Waals surface area contributed by atoms with Crippen LogP contribution in [0.25, 0.3) is 0 Å². The maximum absolute atomic E-state index is 12.0. The van der Waals surface area contributed by atoms with Crippen molar-refractivity contribution in [2.24, 2.45) is 5.92 Å². The molecule has 0 aromatic heterocycles. The van der Waals surface area contributed by atoms with Crippen molar-refractivity contribution in [1.82, 2.24) is 0 Å². The smallest absolute Gasteiger partial charge is 0.146 e. The van der Waals surface area contributed by atoms with E-state index in [1.165, 1.54) is 19.3 Å². The highest BCUT2D eigenvalue weighted by molar-refractivity contribution is 8.00. The number of thioether (sulfide) groups is 1. The molecular weight excluding hydrogens is 287 g/mol. The van der Waals surface area contributed by atoms with Gasteiger partial charge in [-0.15, -0.1) is 11.8 Å². The highest BCUT2D eigenvalue weighted by Gasteiger charge is 2.20. The summed E-state index contributed by atoms with van der Waals surface area (Å²) < 4.78 is 0. The van der Waals surface area contributed by atoms with E-state index in [1.54, 1.807) is 17.8 Å². The second kappa shape index (κ2) is 6.83. The summed E-state index contributed by atoms with van der Waals surface area (Å²) in [6.45, 7) is 0. The van der Waals surface area contributed by atoms with Crippen LogP contribution in [0.4, 0.5) is 0 Å². The Morgan fingerprint density at radius 3 is 2.56 bits per heavy atom. The first-order valence-corrected chi connectivity index (χ1v) is 8.01. The summed E-state index contributed by atoms with van der Waals surface area (Å²) in [5.41, 5.74) is 0. The van der Waals surface area contributed by atoms with E-state index in [0.717, 1.165) is 17.7 Å². The summed E-state index contributed by atoms with van der Waals surface area (Å²) in [4.78, 5) is 13.1. The fourth-order valence-corrected chi connectivity index (χ4v) is 3.54. The van der Waals surface area contributed by atoms with Crippen LogP contribution in [0.3, 0.4) is 0 Å². The van der Waals surface area contributed by atoms with Crippen molar-refractivity contribution in [1.29, 1.82) is 0 Å². The topological polar surface area (TPSA) is 17.1 Å². The van der Waals surface area contributed by atoms with Gasteiger partial charge in [-0.25, -0.2) is 0 Å². The van der Waals surface area contributed by atoms with Gasteiger partial charge in [0.05, 0.1) is 15.8 Å². The highest BCUT2D eigenvalue weighted by atomic mass is 35.5. The Kier molecular flexibility index (Phi) is 5.40. The molecule has 0 spiro atoms. The number of carbonyl (C=O) groups excluding carboxylic acids is 1. The number of rotatable bonds is 4. The monoisotopic (exact) mass is 302 g/mol. The fourth-order valence-electron chi connectivity index (χ4n) is 2.26. The van der Waals surface area contributed by atoms with Crippen LogP contribution in [0, 0.1) is 5.92 Å². The number of benzene rings is 1. The zero-order chi connectivity index (χ0) is 13.0. The van der Waals surface area contributed by atoms with Gasteiger partial charge in [-0.05, 0) is 31.0 Å². The zero-order valence-electron chi connectivity index (χ0n) is 10.1. The third-order valence-electron chi connectivity index (χ3n) is 3.33. The van der Waals surface area contributed by atoms with Gasteiger partial charge in [-0.3, -0.25) is 4.79 Å². The molecule has 0 N–H and O–H groups in total. The van der Waals surface area contributed by atoms with E-state index in [2.05, 4.69) is 0 Å². The van der Waals surface area contributed by atoms with Crippen LogP contribution in [0.2, 0.25) is 10.0 Å². The minimum Gasteiger partial charge on any atom is -0.298 e. The number of ketones is 1. The van der Waals surface area contributed by atoms with Crippen molar-refractivity contribution in [3.8, 4) is 0 Å². The molecule has 98 valence electrons. The van der Waals surface area contributed by atoms with Crippen molar-refractivity contribution >= 4 is 40.7 Å². The summed E-state index contributed by atoms with van der Waals surface area (Å²) in [6.07, 6.45) is 5.83. The normalized spacial score (nSPS) is 16.8. The largest absolute Gasteiger partial charge is 0.298 e. The molecule has 0 saturated heterocycles. The number of carbonyl (C=O) groups is 1. The van der Waals surface area contributed by atoms with Crippen LogP contribution < -0.4 is 0 Å². The number of hydrogen-bond donors (Lipinski definition) is 0. The average Bonchev–Trinajstić information content (AvgIpc) is 2.41.